The minimum atomic E-state index is -0.0482. The van der Waals surface area contributed by atoms with Gasteiger partial charge in [-0.05, 0) is 32.0 Å². The highest BCUT2D eigenvalue weighted by Gasteiger charge is 2.10. The van der Waals surface area contributed by atoms with Crippen LogP contribution in [0.2, 0.25) is 5.02 Å². The summed E-state index contributed by atoms with van der Waals surface area (Å²) in [5.74, 6) is -0.0482. The zero-order valence-electron chi connectivity index (χ0n) is 10.7. The highest BCUT2D eigenvalue weighted by atomic mass is 35.5. The first-order chi connectivity index (χ1) is 8.43. The van der Waals surface area contributed by atoms with Crippen LogP contribution in [0.4, 0.5) is 5.69 Å². The molecular weight excluding hydrogens is 250 g/mol. The van der Waals surface area contributed by atoms with E-state index in [2.05, 4.69) is 5.32 Å². The van der Waals surface area contributed by atoms with Gasteiger partial charge in [0, 0.05) is 18.8 Å². The Morgan fingerprint density at radius 2 is 2.22 bits per heavy atom. The van der Waals surface area contributed by atoms with E-state index in [0.29, 0.717) is 10.6 Å². The number of nitrogens with one attached hydrogen (secondary N) is 1. The molecule has 0 bridgehead atoms. The number of amides is 1. The Labute approximate surface area is 112 Å². The summed E-state index contributed by atoms with van der Waals surface area (Å²) in [6, 6.07) is 7.22. The van der Waals surface area contributed by atoms with E-state index in [-0.39, 0.29) is 18.5 Å². The van der Waals surface area contributed by atoms with Crippen LogP contribution in [0.1, 0.15) is 19.4 Å². The van der Waals surface area contributed by atoms with Gasteiger partial charge in [0.2, 0.25) is 5.91 Å². The molecule has 1 N–H and O–H groups in total. The summed E-state index contributed by atoms with van der Waals surface area (Å²) < 4.78 is 0. The van der Waals surface area contributed by atoms with Crippen LogP contribution >= 0.6 is 11.6 Å². The van der Waals surface area contributed by atoms with Gasteiger partial charge < -0.3 is 10.2 Å². The smallest absolute Gasteiger partial charge is 0.239 e. The first kappa shape index (κ1) is 14.3. The summed E-state index contributed by atoms with van der Waals surface area (Å²) in [6.07, 6.45) is 0. The number of anilines is 1. The zero-order valence-corrected chi connectivity index (χ0v) is 11.5. The Bertz CT molecular complexity index is 480. The molecule has 0 heterocycles. The van der Waals surface area contributed by atoms with Gasteiger partial charge in [0.25, 0.3) is 0 Å². The van der Waals surface area contributed by atoms with Crippen LogP contribution in [0.15, 0.2) is 18.2 Å². The van der Waals surface area contributed by atoms with Crippen LogP contribution in [0, 0.1) is 11.3 Å². The summed E-state index contributed by atoms with van der Waals surface area (Å²) in [7, 11) is 1.80. The molecule has 0 aliphatic carbocycles. The van der Waals surface area contributed by atoms with Gasteiger partial charge in [-0.2, -0.15) is 5.26 Å². The molecule has 0 saturated carbocycles. The maximum Gasteiger partial charge on any atom is 0.239 e. The summed E-state index contributed by atoms with van der Waals surface area (Å²) in [5.41, 5.74) is 1.23. The highest BCUT2D eigenvalue weighted by molar-refractivity contribution is 6.32. The fourth-order valence-corrected chi connectivity index (χ4v) is 1.72. The molecule has 0 aliphatic rings. The van der Waals surface area contributed by atoms with Crippen molar-refractivity contribution in [3.8, 4) is 6.07 Å². The van der Waals surface area contributed by atoms with E-state index < -0.39 is 0 Å². The number of benzene rings is 1. The molecular formula is C13H16ClN3O. The maximum absolute atomic E-state index is 11.6. The molecule has 4 nitrogen and oxygen atoms in total. The third-order valence-corrected chi connectivity index (χ3v) is 2.66. The number of nitriles is 1. The molecule has 0 radical (unpaired) electrons. The number of hydrogen-bond acceptors (Lipinski definition) is 3. The summed E-state index contributed by atoms with van der Waals surface area (Å²) in [6.45, 7) is 4.08. The van der Waals surface area contributed by atoms with Gasteiger partial charge in [0.05, 0.1) is 17.1 Å². The predicted molar refractivity (Wildman–Crippen MR) is 72.7 cm³/mol. The standard InChI is InChI=1S/C13H16ClN3O/c1-9(2)16-13(18)8-17(3)11-5-4-10(7-15)12(14)6-11/h4-6,9H,8H2,1-3H3,(H,16,18). The molecule has 0 saturated heterocycles. The molecule has 1 amide bonds. The fraction of sp³-hybridized carbons (Fsp3) is 0.385. The molecule has 0 unspecified atom stereocenters. The Balaban J connectivity index is 2.73. The number of halogens is 1. The molecule has 96 valence electrons. The quantitative estimate of drug-likeness (QED) is 0.908. The predicted octanol–water partition coefficient (Wildman–Crippen LogP) is 2.17. The van der Waals surface area contributed by atoms with Crippen molar-refractivity contribution in [2.45, 2.75) is 19.9 Å². The van der Waals surface area contributed by atoms with Crippen molar-refractivity contribution in [1.82, 2.24) is 5.32 Å². The van der Waals surface area contributed by atoms with Crippen molar-refractivity contribution in [3.05, 3.63) is 28.8 Å². The normalized spacial score (nSPS) is 10.0. The van der Waals surface area contributed by atoms with Crippen LogP contribution in [-0.4, -0.2) is 25.5 Å². The van der Waals surface area contributed by atoms with Crippen LogP contribution in [0.25, 0.3) is 0 Å². The Morgan fingerprint density at radius 3 is 2.72 bits per heavy atom. The lowest BCUT2D eigenvalue weighted by Gasteiger charge is -2.20. The number of hydrogen-bond donors (Lipinski definition) is 1. The van der Waals surface area contributed by atoms with Crippen molar-refractivity contribution in [3.63, 3.8) is 0 Å². The third kappa shape index (κ3) is 3.94. The van der Waals surface area contributed by atoms with Gasteiger partial charge in [-0.15, -0.1) is 0 Å². The number of carbonyl (C=O) groups is 1. The lowest BCUT2D eigenvalue weighted by atomic mass is 10.2. The monoisotopic (exact) mass is 265 g/mol. The average molecular weight is 266 g/mol. The van der Waals surface area contributed by atoms with Crippen LogP contribution in [-0.2, 0) is 4.79 Å². The van der Waals surface area contributed by atoms with E-state index >= 15 is 0 Å². The molecule has 18 heavy (non-hydrogen) atoms. The molecule has 0 atom stereocenters. The summed E-state index contributed by atoms with van der Waals surface area (Å²) in [4.78, 5) is 13.4. The number of rotatable bonds is 4. The Morgan fingerprint density at radius 1 is 1.56 bits per heavy atom. The van der Waals surface area contributed by atoms with Crippen molar-refractivity contribution in [2.24, 2.45) is 0 Å². The van der Waals surface area contributed by atoms with Gasteiger partial charge in [-0.25, -0.2) is 0 Å². The molecule has 0 spiro atoms. The van der Waals surface area contributed by atoms with Crippen molar-refractivity contribution >= 4 is 23.2 Å². The van der Waals surface area contributed by atoms with E-state index in [4.69, 9.17) is 16.9 Å². The van der Waals surface area contributed by atoms with E-state index in [1.54, 1.807) is 30.1 Å². The minimum absolute atomic E-state index is 0.0482. The average Bonchev–Trinajstić information content (AvgIpc) is 2.27. The SMILES string of the molecule is CC(C)NC(=O)CN(C)c1ccc(C#N)c(Cl)c1. The Hall–Kier alpha value is -1.73. The fourth-order valence-electron chi connectivity index (χ4n) is 1.51. The van der Waals surface area contributed by atoms with E-state index in [9.17, 15) is 4.79 Å². The van der Waals surface area contributed by atoms with Gasteiger partial charge in [0.15, 0.2) is 0 Å². The zero-order chi connectivity index (χ0) is 13.7. The van der Waals surface area contributed by atoms with E-state index in [1.807, 2.05) is 19.9 Å². The first-order valence-electron chi connectivity index (χ1n) is 5.64. The van der Waals surface area contributed by atoms with Crippen LogP contribution < -0.4 is 10.2 Å². The van der Waals surface area contributed by atoms with Crippen LogP contribution in [0.5, 0.6) is 0 Å². The molecule has 1 aromatic rings. The number of carbonyl (C=O) groups excluding carboxylic acids is 1. The Kier molecular flexibility index (Phi) is 4.99. The number of nitrogens with zero attached hydrogens (tertiary/aromatic N) is 2. The molecule has 1 aromatic carbocycles. The second-order valence-electron chi connectivity index (χ2n) is 4.35. The molecule has 0 aliphatic heterocycles. The largest absolute Gasteiger partial charge is 0.365 e. The van der Waals surface area contributed by atoms with E-state index in [1.165, 1.54) is 0 Å². The van der Waals surface area contributed by atoms with Crippen LogP contribution in [0.3, 0.4) is 0 Å². The highest BCUT2D eigenvalue weighted by Crippen LogP contribution is 2.22. The van der Waals surface area contributed by atoms with E-state index in [0.717, 1.165) is 5.69 Å². The summed E-state index contributed by atoms with van der Waals surface area (Å²) in [5, 5.41) is 12.0. The van der Waals surface area contributed by atoms with Crippen molar-refractivity contribution < 1.29 is 4.79 Å². The summed E-state index contributed by atoms with van der Waals surface area (Å²) >= 11 is 5.94. The lowest BCUT2D eigenvalue weighted by molar-refractivity contribution is -0.120. The molecule has 0 aromatic heterocycles. The van der Waals surface area contributed by atoms with Gasteiger partial charge in [-0.1, -0.05) is 11.6 Å². The second kappa shape index (κ2) is 6.27. The first-order valence-corrected chi connectivity index (χ1v) is 6.02. The number of likely N-dealkylation sites (N-methyl/N-ethyl adjacent to an activating group) is 1. The molecule has 0 fully saturated rings. The third-order valence-electron chi connectivity index (χ3n) is 2.34. The van der Waals surface area contributed by atoms with Gasteiger partial charge in [-0.3, -0.25) is 4.79 Å². The second-order valence-corrected chi connectivity index (χ2v) is 4.76. The topological polar surface area (TPSA) is 56.1 Å². The van der Waals surface area contributed by atoms with Gasteiger partial charge >= 0.3 is 0 Å². The minimum Gasteiger partial charge on any atom is -0.365 e. The van der Waals surface area contributed by atoms with Crippen molar-refractivity contribution in [2.75, 3.05) is 18.5 Å². The van der Waals surface area contributed by atoms with Crippen molar-refractivity contribution in [1.29, 1.82) is 5.26 Å². The lowest BCUT2D eigenvalue weighted by Crippen LogP contribution is -2.38. The molecule has 5 heteroatoms. The maximum atomic E-state index is 11.6. The molecule has 1 rings (SSSR count). The van der Waals surface area contributed by atoms with Gasteiger partial charge in [0.1, 0.15) is 6.07 Å².